The zero-order chi connectivity index (χ0) is 22.9. The third kappa shape index (κ3) is 4.81. The smallest absolute Gasteiger partial charge is 0.379 e. The number of ether oxygens (including phenoxy) is 1. The van der Waals surface area contributed by atoms with Gasteiger partial charge in [-0.2, -0.15) is 18.3 Å². The summed E-state index contributed by atoms with van der Waals surface area (Å²) in [6, 6.07) is 6.30. The van der Waals surface area contributed by atoms with Gasteiger partial charge in [0.2, 0.25) is 15.0 Å². The highest BCUT2D eigenvalue weighted by Gasteiger charge is 2.32. The summed E-state index contributed by atoms with van der Waals surface area (Å²) in [7, 11) is -3.69. The standard InChI is InChI=1S/C20H20F3N5O3S/c1-32(29,30)19-24-6-5-16(25-19)15-12-17(28-7-9-31-10-8-28)26-27-18(15)13-3-2-4-14(11-13)20(21,22)23/h2-6,11-12,17,26H,7-10H2,1H3. The molecule has 2 aliphatic rings. The van der Waals surface area contributed by atoms with E-state index in [2.05, 4.69) is 25.4 Å². The monoisotopic (exact) mass is 467 g/mol. The van der Waals surface area contributed by atoms with E-state index in [0.717, 1.165) is 18.4 Å². The number of hydrogen-bond donors (Lipinski definition) is 1. The lowest BCUT2D eigenvalue weighted by Crippen LogP contribution is -2.49. The maximum Gasteiger partial charge on any atom is 0.416 e. The number of allylic oxidation sites excluding steroid dienone is 1. The van der Waals surface area contributed by atoms with Crippen LogP contribution >= 0.6 is 0 Å². The second kappa shape index (κ2) is 8.60. The normalized spacial score (nSPS) is 20.3. The first-order valence-electron chi connectivity index (χ1n) is 9.71. The van der Waals surface area contributed by atoms with Gasteiger partial charge in [-0.15, -0.1) is 0 Å². The lowest BCUT2D eigenvalue weighted by molar-refractivity contribution is -0.137. The number of hydrazone groups is 1. The number of morpholine rings is 1. The second-order valence-electron chi connectivity index (χ2n) is 7.34. The summed E-state index contributed by atoms with van der Waals surface area (Å²) >= 11 is 0. The Kier molecular flexibility index (Phi) is 6.01. The molecule has 4 rings (SSSR count). The number of halogens is 3. The largest absolute Gasteiger partial charge is 0.416 e. The first-order chi connectivity index (χ1) is 15.1. The van der Waals surface area contributed by atoms with Crippen molar-refractivity contribution >= 4 is 21.1 Å². The Bertz CT molecular complexity index is 1170. The Morgan fingerprint density at radius 2 is 1.94 bits per heavy atom. The summed E-state index contributed by atoms with van der Waals surface area (Å²) in [5.74, 6) is 0. The molecular weight excluding hydrogens is 447 g/mol. The van der Waals surface area contributed by atoms with Crippen LogP contribution in [0.5, 0.6) is 0 Å². The van der Waals surface area contributed by atoms with Gasteiger partial charge < -0.3 is 4.74 Å². The Labute approximate surface area is 182 Å². The van der Waals surface area contributed by atoms with Crippen molar-refractivity contribution in [2.75, 3.05) is 32.6 Å². The molecule has 0 saturated carbocycles. The van der Waals surface area contributed by atoms with E-state index in [1.54, 1.807) is 6.08 Å². The van der Waals surface area contributed by atoms with E-state index in [0.29, 0.717) is 31.9 Å². The highest BCUT2D eigenvalue weighted by molar-refractivity contribution is 7.90. The zero-order valence-electron chi connectivity index (χ0n) is 17.0. The first-order valence-corrected chi connectivity index (χ1v) is 11.6. The molecule has 1 atom stereocenters. The summed E-state index contributed by atoms with van der Waals surface area (Å²) in [6.07, 6.45) is -0.810. The van der Waals surface area contributed by atoms with Gasteiger partial charge in [-0.05, 0) is 24.3 Å². The predicted octanol–water partition coefficient (Wildman–Crippen LogP) is 1.95. The summed E-state index contributed by atoms with van der Waals surface area (Å²) in [5.41, 5.74) is 3.26. The minimum absolute atomic E-state index is 0.221. The molecule has 1 saturated heterocycles. The molecule has 1 aromatic carbocycles. The van der Waals surface area contributed by atoms with E-state index in [9.17, 15) is 21.6 Å². The molecule has 3 heterocycles. The van der Waals surface area contributed by atoms with Gasteiger partial charge in [0.25, 0.3) is 0 Å². The number of nitrogens with zero attached hydrogens (tertiary/aromatic N) is 4. The molecule has 170 valence electrons. The molecule has 8 nitrogen and oxygen atoms in total. The third-order valence-corrected chi connectivity index (χ3v) is 5.89. The number of rotatable bonds is 4. The van der Waals surface area contributed by atoms with Gasteiger partial charge in [0.1, 0.15) is 6.17 Å². The van der Waals surface area contributed by atoms with E-state index >= 15 is 0 Å². The highest BCUT2D eigenvalue weighted by atomic mass is 32.2. The minimum Gasteiger partial charge on any atom is -0.379 e. The van der Waals surface area contributed by atoms with Crippen LogP contribution in [0.4, 0.5) is 13.2 Å². The number of aromatic nitrogens is 2. The first kappa shape index (κ1) is 22.4. The molecule has 2 aliphatic heterocycles. The topological polar surface area (TPSA) is 96.8 Å². The van der Waals surface area contributed by atoms with Crippen LogP contribution in [0.3, 0.4) is 0 Å². The Morgan fingerprint density at radius 3 is 2.62 bits per heavy atom. The summed E-state index contributed by atoms with van der Waals surface area (Å²) in [4.78, 5) is 10.0. The van der Waals surface area contributed by atoms with Gasteiger partial charge in [0, 0.05) is 36.7 Å². The molecule has 1 N–H and O–H groups in total. The van der Waals surface area contributed by atoms with Crippen LogP contribution in [0.1, 0.15) is 16.8 Å². The van der Waals surface area contributed by atoms with Crippen molar-refractivity contribution < 1.29 is 26.3 Å². The highest BCUT2D eigenvalue weighted by Crippen LogP contribution is 2.31. The molecule has 0 bridgehead atoms. The maximum atomic E-state index is 13.3. The average molecular weight is 467 g/mol. The molecular formula is C20H20F3N5O3S. The molecule has 1 fully saturated rings. The molecule has 32 heavy (non-hydrogen) atoms. The van der Waals surface area contributed by atoms with Crippen molar-refractivity contribution in [2.45, 2.75) is 17.5 Å². The van der Waals surface area contributed by atoms with Gasteiger partial charge in [-0.1, -0.05) is 12.1 Å². The minimum atomic E-state index is -4.52. The number of benzene rings is 1. The van der Waals surface area contributed by atoms with Gasteiger partial charge in [-0.25, -0.2) is 18.4 Å². The number of hydrogen-bond acceptors (Lipinski definition) is 8. The van der Waals surface area contributed by atoms with E-state index < -0.39 is 21.6 Å². The van der Waals surface area contributed by atoms with E-state index in [-0.39, 0.29) is 28.3 Å². The van der Waals surface area contributed by atoms with Crippen LogP contribution < -0.4 is 5.43 Å². The molecule has 12 heteroatoms. The fourth-order valence-corrected chi connectivity index (χ4v) is 3.96. The van der Waals surface area contributed by atoms with Gasteiger partial charge >= 0.3 is 6.18 Å². The Morgan fingerprint density at radius 1 is 1.19 bits per heavy atom. The lowest BCUT2D eigenvalue weighted by Gasteiger charge is -2.34. The molecule has 1 unspecified atom stereocenters. The summed E-state index contributed by atoms with van der Waals surface area (Å²) in [5, 5.41) is 3.99. The quantitative estimate of drug-likeness (QED) is 0.687. The SMILES string of the molecule is CS(=O)(=O)c1nccc(C2=CC(N3CCOCC3)NN=C2c2cccc(C(F)(F)F)c2)n1. The van der Waals surface area contributed by atoms with E-state index in [4.69, 9.17) is 4.74 Å². The molecule has 0 radical (unpaired) electrons. The zero-order valence-corrected chi connectivity index (χ0v) is 17.8. The van der Waals surface area contributed by atoms with Crippen molar-refractivity contribution in [3.05, 3.63) is 59.4 Å². The molecule has 2 aromatic rings. The molecule has 1 aromatic heterocycles. The summed E-state index contributed by atoms with van der Waals surface area (Å²) < 4.78 is 69.1. The van der Waals surface area contributed by atoms with Crippen LogP contribution in [0.25, 0.3) is 5.57 Å². The van der Waals surface area contributed by atoms with Gasteiger partial charge in [0.05, 0.1) is 30.2 Å². The summed E-state index contributed by atoms with van der Waals surface area (Å²) in [6.45, 7) is 2.34. The Balaban J connectivity index is 1.80. The fraction of sp³-hybridized carbons (Fsp3) is 0.350. The van der Waals surface area contributed by atoms with Gasteiger partial charge in [0.15, 0.2) is 0 Å². The molecule has 0 amide bonds. The lowest BCUT2D eigenvalue weighted by atomic mass is 9.96. The van der Waals surface area contributed by atoms with Crippen molar-refractivity contribution in [3.63, 3.8) is 0 Å². The van der Waals surface area contributed by atoms with Crippen LogP contribution in [-0.2, 0) is 20.8 Å². The third-order valence-electron chi connectivity index (χ3n) is 5.03. The van der Waals surface area contributed by atoms with Crippen molar-refractivity contribution in [1.29, 1.82) is 0 Å². The van der Waals surface area contributed by atoms with Crippen molar-refractivity contribution in [2.24, 2.45) is 5.10 Å². The Hall–Kier alpha value is -2.83. The van der Waals surface area contributed by atoms with E-state index in [1.165, 1.54) is 24.4 Å². The van der Waals surface area contributed by atoms with Crippen LogP contribution in [0.2, 0.25) is 0 Å². The number of sulfone groups is 1. The number of nitrogens with one attached hydrogen (secondary N) is 1. The fourth-order valence-electron chi connectivity index (χ4n) is 3.45. The second-order valence-corrected chi connectivity index (χ2v) is 9.25. The molecule has 0 spiro atoms. The average Bonchev–Trinajstić information content (AvgIpc) is 2.78. The van der Waals surface area contributed by atoms with Gasteiger partial charge in [-0.3, -0.25) is 10.3 Å². The van der Waals surface area contributed by atoms with Crippen LogP contribution in [0.15, 0.2) is 52.9 Å². The predicted molar refractivity (Wildman–Crippen MR) is 110 cm³/mol. The van der Waals surface area contributed by atoms with Crippen molar-refractivity contribution in [1.82, 2.24) is 20.3 Å². The van der Waals surface area contributed by atoms with Crippen LogP contribution in [0, 0.1) is 0 Å². The van der Waals surface area contributed by atoms with Crippen LogP contribution in [-0.4, -0.2) is 67.7 Å². The maximum absolute atomic E-state index is 13.3. The number of alkyl halides is 3. The van der Waals surface area contributed by atoms with E-state index in [1.807, 2.05) is 0 Å². The molecule has 0 aliphatic carbocycles. The van der Waals surface area contributed by atoms with Crippen molar-refractivity contribution in [3.8, 4) is 0 Å².